The number of carbonyl (C=O) groups is 1. The second-order valence-electron chi connectivity index (χ2n) is 4.95. The number of allylic oxidation sites excluding steroid dienone is 1. The van der Waals surface area contributed by atoms with Gasteiger partial charge >= 0.3 is 0 Å². The third-order valence-corrected chi connectivity index (χ3v) is 3.53. The van der Waals surface area contributed by atoms with Crippen LogP contribution in [-0.4, -0.2) is 12.4 Å². The van der Waals surface area contributed by atoms with Gasteiger partial charge in [0.15, 0.2) is 5.76 Å². The lowest BCUT2D eigenvalue weighted by molar-refractivity contribution is -0.113. The monoisotopic (exact) mass is 308 g/mol. The van der Waals surface area contributed by atoms with E-state index < -0.39 is 0 Å². The molecule has 0 N–H and O–H groups in total. The van der Waals surface area contributed by atoms with Crippen molar-refractivity contribution in [2.45, 2.75) is 0 Å². The van der Waals surface area contributed by atoms with Crippen LogP contribution in [0.3, 0.4) is 0 Å². The first-order valence-corrected chi connectivity index (χ1v) is 7.06. The van der Waals surface area contributed by atoms with E-state index in [4.69, 9.17) is 18.0 Å². The third-order valence-electron chi connectivity index (χ3n) is 3.53. The Morgan fingerprint density at radius 2 is 1.57 bits per heavy atom. The summed E-state index contributed by atoms with van der Waals surface area (Å²) >= 11 is 0. The first kappa shape index (κ1) is 13.5. The molecule has 0 amide bonds. The summed E-state index contributed by atoms with van der Waals surface area (Å²) in [5.41, 5.74) is 1.10. The molecule has 3 aromatic heterocycles. The number of ether oxygens (including phenoxy) is 1. The minimum absolute atomic E-state index is 0.210. The summed E-state index contributed by atoms with van der Waals surface area (Å²) < 4.78 is 21.7. The van der Waals surface area contributed by atoms with E-state index in [1.165, 1.54) is 12.5 Å². The van der Waals surface area contributed by atoms with E-state index in [1.54, 1.807) is 48.7 Å². The zero-order valence-corrected chi connectivity index (χ0v) is 12.0. The van der Waals surface area contributed by atoms with Gasteiger partial charge in [-0.3, -0.25) is 4.79 Å². The molecule has 23 heavy (non-hydrogen) atoms. The molecule has 5 nitrogen and oxygen atoms in total. The fourth-order valence-corrected chi connectivity index (χ4v) is 2.48. The van der Waals surface area contributed by atoms with Crippen LogP contribution in [0.2, 0.25) is 0 Å². The molecule has 0 spiro atoms. The van der Waals surface area contributed by atoms with Gasteiger partial charge < -0.3 is 18.0 Å². The van der Waals surface area contributed by atoms with Gasteiger partial charge in [-0.1, -0.05) is 0 Å². The predicted octanol–water partition coefficient (Wildman–Crippen LogP) is 4.02. The zero-order valence-electron chi connectivity index (χ0n) is 12.0. The van der Waals surface area contributed by atoms with Gasteiger partial charge in [0.2, 0.25) is 5.78 Å². The van der Waals surface area contributed by atoms with Crippen LogP contribution in [0.1, 0.15) is 17.3 Å². The Balaban J connectivity index is 1.83. The smallest absolute Gasteiger partial charge is 0.232 e. The van der Waals surface area contributed by atoms with Crippen molar-refractivity contribution in [2.24, 2.45) is 0 Å². The molecule has 0 fully saturated rings. The number of rotatable bonds is 3. The Hall–Kier alpha value is -3.21. The van der Waals surface area contributed by atoms with Crippen molar-refractivity contribution in [3.63, 3.8) is 0 Å². The Morgan fingerprint density at radius 3 is 2.22 bits per heavy atom. The van der Waals surface area contributed by atoms with Crippen molar-refractivity contribution < 1.29 is 22.8 Å². The summed E-state index contributed by atoms with van der Waals surface area (Å²) in [5, 5.41) is 0. The van der Waals surface area contributed by atoms with E-state index in [0.717, 1.165) is 0 Å². The van der Waals surface area contributed by atoms with Crippen LogP contribution in [-0.2, 0) is 9.53 Å². The molecule has 0 saturated carbocycles. The fraction of sp³-hybridized carbons (Fsp3) is 0.0556. The summed E-state index contributed by atoms with van der Waals surface area (Å²) in [6, 6.07) is 10.5. The van der Waals surface area contributed by atoms with Crippen LogP contribution in [0.15, 0.2) is 74.2 Å². The lowest BCUT2D eigenvalue weighted by atomic mass is 9.96. The van der Waals surface area contributed by atoms with Gasteiger partial charge in [-0.15, -0.1) is 0 Å². The first-order chi connectivity index (χ1) is 11.3. The molecule has 114 valence electrons. The highest BCUT2D eigenvalue weighted by Gasteiger charge is 2.31. The third kappa shape index (κ3) is 2.42. The van der Waals surface area contributed by atoms with Crippen LogP contribution in [0, 0.1) is 0 Å². The number of hydrogen-bond acceptors (Lipinski definition) is 5. The maximum Gasteiger partial charge on any atom is 0.232 e. The van der Waals surface area contributed by atoms with Crippen molar-refractivity contribution in [3.05, 3.63) is 78.2 Å². The van der Waals surface area contributed by atoms with Gasteiger partial charge in [-0.2, -0.15) is 0 Å². The van der Waals surface area contributed by atoms with Gasteiger partial charge in [0.05, 0.1) is 24.4 Å². The first-order valence-electron chi connectivity index (χ1n) is 7.06. The second kappa shape index (κ2) is 5.53. The maximum atomic E-state index is 12.9. The van der Waals surface area contributed by atoms with Crippen molar-refractivity contribution in [3.8, 4) is 0 Å². The average Bonchev–Trinajstić information content (AvgIpc) is 3.32. The normalized spacial score (nSPS) is 16.9. The number of ketones is 1. The van der Waals surface area contributed by atoms with Crippen LogP contribution in [0.4, 0.5) is 0 Å². The molecule has 0 unspecified atom stereocenters. The molecule has 0 bridgehead atoms. The van der Waals surface area contributed by atoms with Crippen molar-refractivity contribution in [1.82, 2.24) is 0 Å². The quantitative estimate of drug-likeness (QED) is 0.684. The number of carbonyl (C=O) groups excluding carboxylic acids is 1. The Labute approximate surface area is 131 Å². The SMILES string of the molecule is O=C1C(c2ccco2)=C(c2ccco2)CO/C1=C\c1ccco1. The summed E-state index contributed by atoms with van der Waals surface area (Å²) in [4.78, 5) is 12.9. The van der Waals surface area contributed by atoms with Gasteiger partial charge in [-0.25, -0.2) is 0 Å². The fourth-order valence-electron chi connectivity index (χ4n) is 2.48. The largest absolute Gasteiger partial charge is 0.484 e. The number of furan rings is 3. The van der Waals surface area contributed by atoms with Crippen molar-refractivity contribution in [2.75, 3.05) is 6.61 Å². The van der Waals surface area contributed by atoms with Crippen LogP contribution in [0.25, 0.3) is 17.2 Å². The van der Waals surface area contributed by atoms with Crippen LogP contribution >= 0.6 is 0 Å². The van der Waals surface area contributed by atoms with E-state index in [-0.39, 0.29) is 18.1 Å². The molecule has 0 aromatic carbocycles. The molecule has 0 aliphatic carbocycles. The van der Waals surface area contributed by atoms with Crippen LogP contribution in [0.5, 0.6) is 0 Å². The molecule has 1 aliphatic rings. The Morgan fingerprint density at radius 1 is 0.870 bits per heavy atom. The highest BCUT2D eigenvalue weighted by molar-refractivity contribution is 6.34. The topological polar surface area (TPSA) is 65.7 Å². The minimum Gasteiger partial charge on any atom is -0.484 e. The van der Waals surface area contributed by atoms with E-state index in [1.807, 2.05) is 0 Å². The number of Topliss-reactive ketones (excluding diaryl/α,β-unsaturated/α-hetero) is 1. The molecular formula is C18H12O5. The number of hydrogen-bond donors (Lipinski definition) is 0. The Kier molecular flexibility index (Phi) is 3.24. The summed E-state index contributed by atoms with van der Waals surface area (Å²) in [6.07, 6.45) is 6.20. The molecule has 0 radical (unpaired) electrons. The molecule has 0 atom stereocenters. The lowest BCUT2D eigenvalue weighted by Crippen LogP contribution is -2.18. The van der Waals surface area contributed by atoms with Crippen LogP contribution < -0.4 is 0 Å². The molecule has 4 rings (SSSR count). The highest BCUT2D eigenvalue weighted by Crippen LogP contribution is 2.35. The molecule has 5 heteroatoms. The zero-order chi connectivity index (χ0) is 15.6. The molecular weight excluding hydrogens is 296 g/mol. The summed E-state index contributed by atoms with van der Waals surface area (Å²) in [6.45, 7) is 0.210. The van der Waals surface area contributed by atoms with Crippen molar-refractivity contribution in [1.29, 1.82) is 0 Å². The van der Waals surface area contributed by atoms with Gasteiger partial charge in [0, 0.05) is 11.6 Å². The highest BCUT2D eigenvalue weighted by atomic mass is 16.5. The molecule has 0 saturated heterocycles. The second-order valence-corrected chi connectivity index (χ2v) is 4.95. The van der Waals surface area contributed by atoms with Crippen molar-refractivity contribution >= 4 is 23.0 Å². The van der Waals surface area contributed by atoms with Gasteiger partial charge in [0.25, 0.3) is 0 Å². The minimum atomic E-state index is -0.269. The van der Waals surface area contributed by atoms with Gasteiger partial charge in [0.1, 0.15) is 23.9 Å². The van der Waals surface area contributed by atoms with E-state index in [0.29, 0.717) is 28.4 Å². The summed E-state index contributed by atoms with van der Waals surface area (Å²) in [7, 11) is 0. The molecule has 3 aromatic rings. The van der Waals surface area contributed by atoms with E-state index >= 15 is 0 Å². The molecule has 4 heterocycles. The summed E-state index contributed by atoms with van der Waals surface area (Å²) in [5.74, 6) is 1.56. The standard InChI is InChI=1S/C18H12O5/c19-18-16(10-12-4-1-7-20-12)23-11-13(14-5-2-8-21-14)17(18)15-6-3-9-22-15/h1-10H,11H2/b16-10-. The van der Waals surface area contributed by atoms with E-state index in [9.17, 15) is 4.79 Å². The maximum absolute atomic E-state index is 12.9. The molecule has 1 aliphatic heterocycles. The Bertz CT molecular complexity index is 862. The lowest BCUT2D eigenvalue weighted by Gasteiger charge is -2.20. The average molecular weight is 308 g/mol. The predicted molar refractivity (Wildman–Crippen MR) is 81.9 cm³/mol. The van der Waals surface area contributed by atoms with E-state index in [2.05, 4.69) is 0 Å². The van der Waals surface area contributed by atoms with Gasteiger partial charge in [-0.05, 0) is 36.4 Å².